The lowest BCUT2D eigenvalue weighted by molar-refractivity contribution is 1.17. The fraction of sp³-hybridized carbons (Fsp3) is 0. The number of para-hydroxylation sites is 4. The molecular formula is C46H30N4. The van der Waals surface area contributed by atoms with Gasteiger partial charge in [0.15, 0.2) is 0 Å². The van der Waals surface area contributed by atoms with Crippen molar-refractivity contribution in [3.8, 4) is 45.1 Å². The van der Waals surface area contributed by atoms with E-state index in [0.29, 0.717) is 0 Å². The molecule has 234 valence electrons. The molecular weight excluding hydrogens is 609 g/mol. The molecule has 4 heteroatoms. The molecule has 0 spiro atoms. The van der Waals surface area contributed by atoms with Gasteiger partial charge in [-0.25, -0.2) is 4.98 Å². The Morgan fingerprint density at radius 1 is 0.320 bits per heavy atom. The SMILES string of the molecule is c1ccc(-c2nc(-c3ccc(-n4c5ccccc5c5ccccc54)cc3)cnc2-c2ccc(-n3c4ccccc4c4ccccc43)cc2)cc1. The Morgan fingerprint density at radius 2 is 0.700 bits per heavy atom. The van der Waals surface area contributed by atoms with Crippen molar-refractivity contribution in [3.63, 3.8) is 0 Å². The number of nitrogens with zero attached hydrogens (tertiary/aromatic N) is 4. The maximum absolute atomic E-state index is 5.26. The number of hydrogen-bond acceptors (Lipinski definition) is 2. The minimum Gasteiger partial charge on any atom is -0.309 e. The molecule has 7 aromatic carbocycles. The number of hydrogen-bond donors (Lipinski definition) is 0. The van der Waals surface area contributed by atoms with Crippen molar-refractivity contribution >= 4 is 43.6 Å². The van der Waals surface area contributed by atoms with Crippen molar-refractivity contribution in [1.29, 1.82) is 0 Å². The zero-order valence-electron chi connectivity index (χ0n) is 27.1. The van der Waals surface area contributed by atoms with Crippen LogP contribution in [0, 0.1) is 0 Å². The van der Waals surface area contributed by atoms with Crippen LogP contribution in [0.25, 0.3) is 88.8 Å². The van der Waals surface area contributed by atoms with Crippen LogP contribution in [0.4, 0.5) is 0 Å². The van der Waals surface area contributed by atoms with Gasteiger partial charge in [0.1, 0.15) is 0 Å². The average molecular weight is 639 g/mol. The van der Waals surface area contributed by atoms with Crippen molar-refractivity contribution in [2.24, 2.45) is 0 Å². The second-order valence-electron chi connectivity index (χ2n) is 12.7. The van der Waals surface area contributed by atoms with Gasteiger partial charge in [0, 0.05) is 49.6 Å². The maximum Gasteiger partial charge on any atom is 0.0972 e. The fourth-order valence-corrected chi connectivity index (χ4v) is 7.49. The van der Waals surface area contributed by atoms with E-state index in [9.17, 15) is 0 Å². The summed E-state index contributed by atoms with van der Waals surface area (Å²) in [6.07, 6.45) is 1.90. The van der Waals surface area contributed by atoms with Gasteiger partial charge in [-0.3, -0.25) is 4.98 Å². The van der Waals surface area contributed by atoms with Crippen LogP contribution in [-0.2, 0) is 0 Å². The third-order valence-electron chi connectivity index (χ3n) is 9.80. The monoisotopic (exact) mass is 638 g/mol. The summed E-state index contributed by atoms with van der Waals surface area (Å²) in [5.41, 5.74) is 12.6. The molecule has 4 nitrogen and oxygen atoms in total. The molecule has 0 saturated carbocycles. The zero-order chi connectivity index (χ0) is 33.0. The lowest BCUT2D eigenvalue weighted by atomic mass is 10.0. The Hall–Kier alpha value is -6.78. The number of fused-ring (bicyclic) bond motifs is 6. The first-order valence-corrected chi connectivity index (χ1v) is 16.9. The van der Waals surface area contributed by atoms with E-state index in [0.717, 1.165) is 45.1 Å². The summed E-state index contributed by atoms with van der Waals surface area (Å²) in [5.74, 6) is 0. The summed E-state index contributed by atoms with van der Waals surface area (Å²) in [5, 5.41) is 5.01. The fourth-order valence-electron chi connectivity index (χ4n) is 7.49. The van der Waals surface area contributed by atoms with Crippen LogP contribution in [0.2, 0.25) is 0 Å². The molecule has 0 fully saturated rings. The molecule has 0 radical (unpaired) electrons. The van der Waals surface area contributed by atoms with Crippen LogP contribution < -0.4 is 0 Å². The van der Waals surface area contributed by atoms with E-state index >= 15 is 0 Å². The van der Waals surface area contributed by atoms with E-state index in [4.69, 9.17) is 9.97 Å². The highest BCUT2D eigenvalue weighted by atomic mass is 15.0. The Labute approximate surface area is 289 Å². The Bertz CT molecular complexity index is 2740. The smallest absolute Gasteiger partial charge is 0.0972 e. The third kappa shape index (κ3) is 4.46. The van der Waals surface area contributed by atoms with Gasteiger partial charge in [0.05, 0.1) is 45.3 Å². The van der Waals surface area contributed by atoms with Gasteiger partial charge < -0.3 is 9.13 Å². The topological polar surface area (TPSA) is 35.6 Å². The predicted octanol–water partition coefficient (Wildman–Crippen LogP) is 11.7. The first-order chi connectivity index (χ1) is 24.8. The minimum atomic E-state index is 0.836. The number of benzene rings is 7. The maximum atomic E-state index is 5.26. The van der Waals surface area contributed by atoms with Gasteiger partial charge in [-0.2, -0.15) is 0 Å². The van der Waals surface area contributed by atoms with Gasteiger partial charge in [0.25, 0.3) is 0 Å². The van der Waals surface area contributed by atoms with E-state index in [1.165, 1.54) is 43.6 Å². The number of aromatic nitrogens is 4. The molecule has 0 aliphatic carbocycles. The Morgan fingerprint density at radius 3 is 1.16 bits per heavy atom. The van der Waals surface area contributed by atoms with Crippen molar-refractivity contribution < 1.29 is 0 Å². The van der Waals surface area contributed by atoms with Crippen LogP contribution in [0.3, 0.4) is 0 Å². The van der Waals surface area contributed by atoms with E-state index in [1.54, 1.807) is 0 Å². The molecule has 10 rings (SSSR count). The van der Waals surface area contributed by atoms with Gasteiger partial charge in [-0.15, -0.1) is 0 Å². The third-order valence-corrected chi connectivity index (χ3v) is 9.80. The second kappa shape index (κ2) is 11.4. The first kappa shape index (κ1) is 28.3. The number of rotatable bonds is 5. The summed E-state index contributed by atoms with van der Waals surface area (Å²) < 4.78 is 4.67. The molecule has 0 saturated heterocycles. The summed E-state index contributed by atoms with van der Waals surface area (Å²) in [6, 6.07) is 62.1. The van der Waals surface area contributed by atoms with E-state index in [2.05, 4.69) is 179 Å². The highest BCUT2D eigenvalue weighted by Crippen LogP contribution is 2.36. The van der Waals surface area contributed by atoms with E-state index in [-0.39, 0.29) is 0 Å². The molecule has 0 aliphatic rings. The summed E-state index contributed by atoms with van der Waals surface area (Å²) in [6.45, 7) is 0. The molecule has 3 aromatic heterocycles. The standard InChI is InChI=1S/C46H30N4/c1-2-12-32(13-3-1)46-45(33-24-28-35(29-25-33)50-43-20-10-6-16-38(43)39-17-7-11-21-44(39)50)47-30-40(48-46)31-22-26-34(27-23-31)49-41-18-8-4-14-36(41)37-15-5-9-19-42(37)49/h1-30H. The van der Waals surface area contributed by atoms with Gasteiger partial charge in [0.2, 0.25) is 0 Å². The summed E-state index contributed by atoms with van der Waals surface area (Å²) >= 11 is 0. The van der Waals surface area contributed by atoms with Gasteiger partial charge in [-0.1, -0.05) is 127 Å². The minimum absolute atomic E-state index is 0.836. The molecule has 0 atom stereocenters. The van der Waals surface area contributed by atoms with Crippen LogP contribution in [0.15, 0.2) is 182 Å². The summed E-state index contributed by atoms with van der Waals surface area (Å²) in [4.78, 5) is 10.3. The molecule has 10 aromatic rings. The first-order valence-electron chi connectivity index (χ1n) is 16.9. The van der Waals surface area contributed by atoms with Gasteiger partial charge in [-0.05, 0) is 48.5 Å². The van der Waals surface area contributed by atoms with Crippen LogP contribution in [-0.4, -0.2) is 19.1 Å². The average Bonchev–Trinajstić information content (AvgIpc) is 3.71. The van der Waals surface area contributed by atoms with Crippen LogP contribution in [0.5, 0.6) is 0 Å². The molecule has 0 N–H and O–H groups in total. The van der Waals surface area contributed by atoms with Crippen LogP contribution >= 0.6 is 0 Å². The molecule has 0 unspecified atom stereocenters. The van der Waals surface area contributed by atoms with Crippen LogP contribution in [0.1, 0.15) is 0 Å². The van der Waals surface area contributed by atoms with Crippen molar-refractivity contribution in [3.05, 3.63) is 182 Å². The quantitative estimate of drug-likeness (QED) is 0.188. The van der Waals surface area contributed by atoms with Crippen molar-refractivity contribution in [1.82, 2.24) is 19.1 Å². The highest BCUT2D eigenvalue weighted by molar-refractivity contribution is 6.10. The summed E-state index contributed by atoms with van der Waals surface area (Å²) in [7, 11) is 0. The lowest BCUT2D eigenvalue weighted by Gasteiger charge is -2.13. The lowest BCUT2D eigenvalue weighted by Crippen LogP contribution is -1.98. The highest BCUT2D eigenvalue weighted by Gasteiger charge is 2.16. The zero-order valence-corrected chi connectivity index (χ0v) is 27.1. The largest absolute Gasteiger partial charge is 0.309 e. The Balaban J connectivity index is 1.05. The molecule has 3 heterocycles. The predicted molar refractivity (Wildman–Crippen MR) is 207 cm³/mol. The van der Waals surface area contributed by atoms with E-state index < -0.39 is 0 Å². The van der Waals surface area contributed by atoms with Gasteiger partial charge >= 0.3 is 0 Å². The Kier molecular flexibility index (Phi) is 6.46. The molecule has 0 bridgehead atoms. The van der Waals surface area contributed by atoms with E-state index in [1.807, 2.05) is 12.3 Å². The second-order valence-corrected chi connectivity index (χ2v) is 12.7. The molecule has 0 amide bonds. The molecule has 50 heavy (non-hydrogen) atoms. The molecule has 0 aliphatic heterocycles. The van der Waals surface area contributed by atoms with Crippen molar-refractivity contribution in [2.45, 2.75) is 0 Å². The van der Waals surface area contributed by atoms with Crippen molar-refractivity contribution in [2.75, 3.05) is 0 Å². The normalized spacial score (nSPS) is 11.6.